The summed E-state index contributed by atoms with van der Waals surface area (Å²) in [5, 5.41) is 10.6. The molecule has 1 aromatic rings. The molecule has 0 saturated carbocycles. The van der Waals surface area contributed by atoms with Crippen LogP contribution in [0.25, 0.3) is 0 Å². The largest absolute Gasteiger partial charge is 0.391 e. The molecule has 122 valence electrons. The Morgan fingerprint density at radius 3 is 2.59 bits per heavy atom. The Bertz CT molecular complexity index is 457. The van der Waals surface area contributed by atoms with E-state index >= 15 is 0 Å². The van der Waals surface area contributed by atoms with E-state index in [9.17, 15) is 5.11 Å². The van der Waals surface area contributed by atoms with Crippen LogP contribution in [0.3, 0.4) is 0 Å². The molecule has 3 rings (SSSR count). The van der Waals surface area contributed by atoms with E-state index in [0.717, 1.165) is 58.1 Å². The number of rotatable bonds is 2. The Morgan fingerprint density at radius 2 is 1.77 bits per heavy atom. The second kappa shape index (κ2) is 7.35. The van der Waals surface area contributed by atoms with Gasteiger partial charge in [-0.2, -0.15) is 0 Å². The Kier molecular flexibility index (Phi) is 5.23. The highest BCUT2D eigenvalue weighted by molar-refractivity contribution is 5.28. The van der Waals surface area contributed by atoms with Crippen molar-refractivity contribution < 1.29 is 5.11 Å². The highest BCUT2D eigenvalue weighted by Crippen LogP contribution is 2.21. The Labute approximate surface area is 132 Å². The molecule has 3 heterocycles. The fourth-order valence-electron chi connectivity index (χ4n) is 3.55. The molecule has 0 aliphatic carbocycles. The van der Waals surface area contributed by atoms with Crippen molar-refractivity contribution in [3.05, 3.63) is 18.5 Å². The van der Waals surface area contributed by atoms with Gasteiger partial charge in [-0.3, -0.25) is 4.90 Å². The van der Waals surface area contributed by atoms with Crippen molar-refractivity contribution in [2.24, 2.45) is 0 Å². The third-order valence-electron chi connectivity index (χ3n) is 4.89. The van der Waals surface area contributed by atoms with Gasteiger partial charge in [0.2, 0.25) is 5.95 Å². The lowest BCUT2D eigenvalue weighted by atomic mass is 10.0. The van der Waals surface area contributed by atoms with Crippen LogP contribution in [0.1, 0.15) is 19.3 Å². The van der Waals surface area contributed by atoms with Gasteiger partial charge in [0.05, 0.1) is 6.10 Å². The van der Waals surface area contributed by atoms with E-state index < -0.39 is 0 Å². The number of aliphatic hydroxyl groups is 1. The molecule has 0 spiro atoms. The number of likely N-dealkylation sites (N-methyl/N-ethyl adjacent to an activating group) is 1. The molecule has 6 nitrogen and oxygen atoms in total. The van der Waals surface area contributed by atoms with Gasteiger partial charge in [0.15, 0.2) is 0 Å². The average Bonchev–Trinajstić information content (AvgIpc) is 2.86. The van der Waals surface area contributed by atoms with Crippen LogP contribution in [0.2, 0.25) is 0 Å². The predicted molar refractivity (Wildman–Crippen MR) is 87.0 cm³/mol. The summed E-state index contributed by atoms with van der Waals surface area (Å²) in [6, 6.07) is 2.10. The van der Waals surface area contributed by atoms with Gasteiger partial charge >= 0.3 is 0 Å². The zero-order valence-corrected chi connectivity index (χ0v) is 13.4. The minimum atomic E-state index is -0.253. The first-order valence-corrected chi connectivity index (χ1v) is 8.36. The van der Waals surface area contributed by atoms with E-state index in [1.165, 1.54) is 6.42 Å². The molecule has 0 bridgehead atoms. The molecule has 2 saturated heterocycles. The SMILES string of the molecule is CN1CCCN([C@H]2CCN(c3ncccn3)CC[C@@H]2O)CC1. The van der Waals surface area contributed by atoms with E-state index in [2.05, 4.69) is 31.7 Å². The minimum Gasteiger partial charge on any atom is -0.391 e. The maximum absolute atomic E-state index is 10.6. The zero-order valence-electron chi connectivity index (χ0n) is 13.4. The first kappa shape index (κ1) is 15.6. The van der Waals surface area contributed by atoms with E-state index in [-0.39, 0.29) is 12.1 Å². The number of hydrogen-bond acceptors (Lipinski definition) is 6. The maximum atomic E-state index is 10.6. The molecule has 2 atom stereocenters. The van der Waals surface area contributed by atoms with Crippen LogP contribution in [0.5, 0.6) is 0 Å². The zero-order chi connectivity index (χ0) is 15.4. The van der Waals surface area contributed by atoms with Crippen LogP contribution < -0.4 is 4.90 Å². The fourth-order valence-corrected chi connectivity index (χ4v) is 3.55. The second-order valence-electron chi connectivity index (χ2n) is 6.44. The van der Waals surface area contributed by atoms with E-state index in [1.807, 2.05) is 6.07 Å². The average molecular weight is 305 g/mol. The minimum absolute atomic E-state index is 0.253. The van der Waals surface area contributed by atoms with Crippen molar-refractivity contribution in [3.8, 4) is 0 Å². The van der Waals surface area contributed by atoms with Gasteiger partial charge in [-0.15, -0.1) is 0 Å². The van der Waals surface area contributed by atoms with Crippen molar-refractivity contribution in [1.82, 2.24) is 19.8 Å². The first-order valence-electron chi connectivity index (χ1n) is 8.36. The summed E-state index contributed by atoms with van der Waals surface area (Å²) >= 11 is 0. The van der Waals surface area contributed by atoms with Gasteiger partial charge in [-0.1, -0.05) is 0 Å². The molecule has 1 aromatic heterocycles. The van der Waals surface area contributed by atoms with Crippen molar-refractivity contribution >= 4 is 5.95 Å². The third-order valence-corrected chi connectivity index (χ3v) is 4.89. The topological polar surface area (TPSA) is 55.7 Å². The summed E-state index contributed by atoms with van der Waals surface area (Å²) in [5.74, 6) is 0.783. The molecule has 2 aliphatic rings. The van der Waals surface area contributed by atoms with Crippen LogP contribution in [-0.2, 0) is 0 Å². The number of anilines is 1. The van der Waals surface area contributed by atoms with Crippen molar-refractivity contribution in [2.45, 2.75) is 31.4 Å². The highest BCUT2D eigenvalue weighted by atomic mass is 16.3. The van der Waals surface area contributed by atoms with E-state index in [1.54, 1.807) is 12.4 Å². The standard InChI is InChI=1S/C16H27N5O/c1-19-8-3-9-20(13-12-19)14-4-10-21(11-5-15(14)22)16-17-6-2-7-18-16/h2,6-7,14-15,22H,3-5,8-13H2,1H3/t14-,15-/m0/s1. The Morgan fingerprint density at radius 1 is 1.00 bits per heavy atom. The van der Waals surface area contributed by atoms with Crippen LogP contribution >= 0.6 is 0 Å². The summed E-state index contributed by atoms with van der Waals surface area (Å²) in [7, 11) is 2.18. The first-order chi connectivity index (χ1) is 10.7. The van der Waals surface area contributed by atoms with Gasteiger partial charge < -0.3 is 14.9 Å². The number of aromatic nitrogens is 2. The molecule has 6 heteroatoms. The second-order valence-corrected chi connectivity index (χ2v) is 6.44. The van der Waals surface area contributed by atoms with Crippen LogP contribution in [0.4, 0.5) is 5.95 Å². The normalized spacial score (nSPS) is 29.1. The molecule has 0 amide bonds. The molecular formula is C16H27N5O. The summed E-state index contributed by atoms with van der Waals surface area (Å²) < 4.78 is 0. The van der Waals surface area contributed by atoms with Crippen LogP contribution in [0.15, 0.2) is 18.5 Å². The predicted octanol–water partition coefficient (Wildman–Crippen LogP) is 0.444. The Hall–Kier alpha value is -1.24. The highest BCUT2D eigenvalue weighted by Gasteiger charge is 2.30. The van der Waals surface area contributed by atoms with Crippen molar-refractivity contribution in [1.29, 1.82) is 0 Å². The van der Waals surface area contributed by atoms with Gasteiger partial charge in [0.1, 0.15) is 0 Å². The smallest absolute Gasteiger partial charge is 0.225 e. The summed E-state index contributed by atoms with van der Waals surface area (Å²) in [5.41, 5.74) is 0. The van der Waals surface area contributed by atoms with Gasteiger partial charge in [-0.05, 0) is 45.5 Å². The summed E-state index contributed by atoms with van der Waals surface area (Å²) in [4.78, 5) is 15.8. The maximum Gasteiger partial charge on any atom is 0.225 e. The van der Waals surface area contributed by atoms with E-state index in [4.69, 9.17) is 0 Å². The summed E-state index contributed by atoms with van der Waals surface area (Å²) in [6.45, 7) is 6.14. The lowest BCUT2D eigenvalue weighted by molar-refractivity contribution is 0.0492. The lowest BCUT2D eigenvalue weighted by Crippen LogP contribution is -2.45. The molecule has 1 N–H and O–H groups in total. The van der Waals surface area contributed by atoms with Gasteiger partial charge in [0, 0.05) is 44.6 Å². The van der Waals surface area contributed by atoms with E-state index in [0.29, 0.717) is 0 Å². The molecule has 2 fully saturated rings. The molecule has 0 unspecified atom stereocenters. The monoisotopic (exact) mass is 305 g/mol. The Balaban J connectivity index is 1.64. The van der Waals surface area contributed by atoms with Crippen molar-refractivity contribution in [2.75, 3.05) is 51.2 Å². The number of aliphatic hydroxyl groups excluding tert-OH is 1. The molecule has 0 aromatic carbocycles. The van der Waals surface area contributed by atoms with Gasteiger partial charge in [0.25, 0.3) is 0 Å². The van der Waals surface area contributed by atoms with Crippen molar-refractivity contribution in [3.63, 3.8) is 0 Å². The molecule has 22 heavy (non-hydrogen) atoms. The number of nitrogens with zero attached hydrogens (tertiary/aromatic N) is 5. The molecule has 2 aliphatic heterocycles. The van der Waals surface area contributed by atoms with Gasteiger partial charge in [-0.25, -0.2) is 9.97 Å². The molecular weight excluding hydrogens is 278 g/mol. The lowest BCUT2D eigenvalue weighted by Gasteiger charge is -2.32. The van der Waals surface area contributed by atoms with Crippen LogP contribution in [-0.4, -0.2) is 83.3 Å². The molecule has 0 radical (unpaired) electrons. The number of hydrogen-bond donors (Lipinski definition) is 1. The third kappa shape index (κ3) is 3.74. The quantitative estimate of drug-likeness (QED) is 0.856. The summed E-state index contributed by atoms with van der Waals surface area (Å²) in [6.07, 6.45) is 6.26. The van der Waals surface area contributed by atoms with Crippen LogP contribution in [0, 0.1) is 0 Å². The fraction of sp³-hybridized carbons (Fsp3) is 0.750.